The Bertz CT molecular complexity index is 940. The van der Waals surface area contributed by atoms with E-state index in [9.17, 15) is 5.11 Å². The lowest BCUT2D eigenvalue weighted by atomic mass is 9.92. The van der Waals surface area contributed by atoms with E-state index in [1.807, 2.05) is 12.1 Å². The van der Waals surface area contributed by atoms with Crippen LogP contribution in [0.3, 0.4) is 0 Å². The van der Waals surface area contributed by atoms with Crippen LogP contribution in [-0.2, 0) is 6.42 Å². The van der Waals surface area contributed by atoms with Gasteiger partial charge in [-0.15, -0.1) is 0 Å². The second kappa shape index (κ2) is 8.01. The van der Waals surface area contributed by atoms with Crippen LogP contribution in [0, 0.1) is 6.92 Å². The van der Waals surface area contributed by atoms with Crippen LogP contribution in [-0.4, -0.2) is 22.7 Å². The number of aromatic nitrogens is 1. The largest absolute Gasteiger partial charge is 0.508 e. The smallest absolute Gasteiger partial charge is 0.116 e. The van der Waals surface area contributed by atoms with Crippen molar-refractivity contribution in [1.82, 2.24) is 10.3 Å². The molecule has 1 aliphatic heterocycles. The van der Waals surface area contributed by atoms with Crippen molar-refractivity contribution in [3.63, 3.8) is 0 Å². The number of hydrogen-bond acceptors (Lipinski definition) is 2. The van der Waals surface area contributed by atoms with Crippen LogP contribution in [0.4, 0.5) is 0 Å². The fourth-order valence-corrected chi connectivity index (χ4v) is 4.25. The summed E-state index contributed by atoms with van der Waals surface area (Å²) in [4.78, 5) is 3.44. The lowest BCUT2D eigenvalue weighted by Gasteiger charge is -2.24. The van der Waals surface area contributed by atoms with Crippen molar-refractivity contribution in [2.45, 2.75) is 45.1 Å². The maximum atomic E-state index is 9.80. The van der Waals surface area contributed by atoms with Gasteiger partial charge in [0.1, 0.15) is 5.75 Å². The summed E-state index contributed by atoms with van der Waals surface area (Å²) in [7, 11) is 0. The lowest BCUT2D eigenvalue weighted by Crippen LogP contribution is -2.32. The Morgan fingerprint density at radius 1 is 1.07 bits per heavy atom. The van der Waals surface area contributed by atoms with Gasteiger partial charge in [0.15, 0.2) is 0 Å². The monoisotopic (exact) mass is 360 g/mol. The molecule has 0 radical (unpaired) electrons. The number of hydrogen-bond donors (Lipinski definition) is 3. The van der Waals surface area contributed by atoms with Gasteiger partial charge < -0.3 is 15.4 Å². The molecule has 0 fully saturated rings. The molecule has 1 atom stereocenters. The molecule has 2 heterocycles. The summed E-state index contributed by atoms with van der Waals surface area (Å²) in [5, 5.41) is 14.6. The van der Waals surface area contributed by atoms with Crippen molar-refractivity contribution in [1.29, 1.82) is 0 Å². The van der Waals surface area contributed by atoms with Gasteiger partial charge >= 0.3 is 0 Å². The first kappa shape index (κ1) is 17.9. The third-order valence-electron chi connectivity index (χ3n) is 5.70. The van der Waals surface area contributed by atoms with E-state index in [1.54, 1.807) is 6.07 Å². The molecule has 140 valence electrons. The molecule has 0 saturated heterocycles. The average molecular weight is 361 g/mol. The van der Waals surface area contributed by atoms with Crippen LogP contribution in [0.5, 0.6) is 5.75 Å². The molecule has 3 nitrogen and oxygen atoms in total. The van der Waals surface area contributed by atoms with Gasteiger partial charge in [0.05, 0.1) is 0 Å². The topological polar surface area (TPSA) is 48.0 Å². The number of aromatic amines is 1. The van der Waals surface area contributed by atoms with Gasteiger partial charge in [0.25, 0.3) is 0 Å². The highest BCUT2D eigenvalue weighted by molar-refractivity contribution is 5.85. The second-order valence-corrected chi connectivity index (χ2v) is 7.61. The van der Waals surface area contributed by atoms with Gasteiger partial charge in [-0.2, -0.15) is 0 Å². The Kier molecular flexibility index (Phi) is 5.30. The van der Waals surface area contributed by atoms with Gasteiger partial charge in [-0.05, 0) is 67.5 Å². The van der Waals surface area contributed by atoms with Crippen molar-refractivity contribution in [3.05, 3.63) is 71.4 Å². The fraction of sp³-hybridized carbons (Fsp3) is 0.333. The standard InChI is InChI=1S/C24H28N2O/c1-17-22(23-16-21(27)11-12-24(23)26-17)10-6-5-9-20-15-19(13-14-25-20)18-7-3-2-4-8-18/h2-4,7-8,11-13,16,20,25-27H,5-6,9-10,14-15H2,1H3. The van der Waals surface area contributed by atoms with Gasteiger partial charge in [-0.3, -0.25) is 0 Å². The minimum Gasteiger partial charge on any atom is -0.508 e. The molecule has 4 rings (SSSR count). The Morgan fingerprint density at radius 3 is 2.78 bits per heavy atom. The number of fused-ring (bicyclic) bond motifs is 1. The molecular formula is C24H28N2O. The van der Waals surface area contributed by atoms with Crippen molar-refractivity contribution in [3.8, 4) is 5.75 Å². The van der Waals surface area contributed by atoms with Crippen LogP contribution in [0.2, 0.25) is 0 Å². The van der Waals surface area contributed by atoms with E-state index in [1.165, 1.54) is 41.7 Å². The maximum Gasteiger partial charge on any atom is 0.116 e. The van der Waals surface area contributed by atoms with Gasteiger partial charge in [0.2, 0.25) is 0 Å². The normalized spacial score (nSPS) is 17.2. The highest BCUT2D eigenvalue weighted by Crippen LogP contribution is 2.28. The van der Waals surface area contributed by atoms with Crippen LogP contribution >= 0.6 is 0 Å². The lowest BCUT2D eigenvalue weighted by molar-refractivity contribution is 0.475. The summed E-state index contributed by atoms with van der Waals surface area (Å²) in [5.41, 5.74) is 6.52. The van der Waals surface area contributed by atoms with E-state index >= 15 is 0 Å². The molecule has 1 unspecified atom stereocenters. The van der Waals surface area contributed by atoms with Crippen LogP contribution in [0.1, 0.15) is 42.5 Å². The second-order valence-electron chi connectivity index (χ2n) is 7.61. The molecule has 0 saturated carbocycles. The van der Waals surface area contributed by atoms with Crippen molar-refractivity contribution in [2.75, 3.05) is 6.54 Å². The molecule has 27 heavy (non-hydrogen) atoms. The number of nitrogens with one attached hydrogen (secondary N) is 2. The molecule has 0 bridgehead atoms. The molecule has 2 aromatic carbocycles. The molecule has 0 spiro atoms. The third kappa shape index (κ3) is 4.09. The molecular weight excluding hydrogens is 332 g/mol. The summed E-state index contributed by atoms with van der Waals surface area (Å²) < 4.78 is 0. The molecule has 3 N–H and O–H groups in total. The van der Waals surface area contributed by atoms with Crippen molar-refractivity contribution >= 4 is 16.5 Å². The quantitative estimate of drug-likeness (QED) is 0.520. The number of unbranched alkanes of at least 4 members (excludes halogenated alkanes) is 1. The van der Waals surface area contributed by atoms with E-state index in [4.69, 9.17) is 0 Å². The Labute approximate surface area is 161 Å². The van der Waals surface area contributed by atoms with Crippen LogP contribution in [0.25, 0.3) is 16.5 Å². The number of H-pyrrole nitrogens is 1. The number of phenolic OH excluding ortho intramolecular Hbond substituents is 1. The molecule has 3 heteroatoms. The first-order valence-electron chi connectivity index (χ1n) is 9.99. The Balaban J connectivity index is 1.31. The van der Waals surface area contributed by atoms with Gasteiger partial charge in [0, 0.05) is 29.2 Å². The van der Waals surface area contributed by atoms with Crippen molar-refractivity contribution < 1.29 is 5.11 Å². The minimum absolute atomic E-state index is 0.342. The first-order valence-corrected chi connectivity index (χ1v) is 9.99. The highest BCUT2D eigenvalue weighted by Gasteiger charge is 2.16. The van der Waals surface area contributed by atoms with E-state index in [2.05, 4.69) is 53.6 Å². The number of benzene rings is 2. The predicted octanol–water partition coefficient (Wildman–Crippen LogP) is 5.34. The first-order chi connectivity index (χ1) is 13.2. The number of phenols is 1. The van der Waals surface area contributed by atoms with E-state index in [0.29, 0.717) is 11.8 Å². The van der Waals surface area contributed by atoms with Crippen molar-refractivity contribution in [2.24, 2.45) is 0 Å². The molecule has 3 aromatic rings. The summed E-state index contributed by atoms with van der Waals surface area (Å²) in [6.07, 6.45) is 8.09. The maximum absolute atomic E-state index is 9.80. The molecule has 1 aliphatic rings. The SMILES string of the molecule is Cc1[nH]c2ccc(O)cc2c1CCCCC1CC(c2ccccc2)=CCN1. The zero-order valence-corrected chi connectivity index (χ0v) is 16.0. The van der Waals surface area contributed by atoms with Gasteiger partial charge in [-0.1, -0.05) is 42.8 Å². The number of aryl methyl sites for hydroxylation is 2. The summed E-state index contributed by atoms with van der Waals surface area (Å²) >= 11 is 0. The van der Waals surface area contributed by atoms with Crippen LogP contribution in [0.15, 0.2) is 54.6 Å². The van der Waals surface area contributed by atoms with E-state index < -0.39 is 0 Å². The molecule has 1 aromatic heterocycles. The highest BCUT2D eigenvalue weighted by atomic mass is 16.3. The summed E-state index contributed by atoms with van der Waals surface area (Å²) in [5.74, 6) is 0.342. The Hall–Kier alpha value is -2.52. The zero-order chi connectivity index (χ0) is 18.6. The average Bonchev–Trinajstić information content (AvgIpc) is 3.01. The van der Waals surface area contributed by atoms with Gasteiger partial charge in [-0.25, -0.2) is 0 Å². The Morgan fingerprint density at radius 2 is 1.93 bits per heavy atom. The number of rotatable bonds is 6. The number of aromatic hydroxyl groups is 1. The predicted molar refractivity (Wildman–Crippen MR) is 113 cm³/mol. The minimum atomic E-state index is 0.342. The summed E-state index contributed by atoms with van der Waals surface area (Å²) in [6, 6.07) is 16.9. The van der Waals surface area contributed by atoms with E-state index in [0.717, 1.165) is 30.3 Å². The zero-order valence-electron chi connectivity index (χ0n) is 16.0. The summed E-state index contributed by atoms with van der Waals surface area (Å²) in [6.45, 7) is 3.10. The van der Waals surface area contributed by atoms with E-state index in [-0.39, 0.29) is 0 Å². The third-order valence-corrected chi connectivity index (χ3v) is 5.70. The molecule has 0 amide bonds. The molecule has 0 aliphatic carbocycles. The fourth-order valence-electron chi connectivity index (χ4n) is 4.25. The van der Waals surface area contributed by atoms with Crippen LogP contribution < -0.4 is 5.32 Å².